The smallest absolute Gasteiger partial charge is 0.239 e. The minimum atomic E-state index is -0.120. The van der Waals surface area contributed by atoms with Crippen LogP contribution in [0.25, 0.3) is 0 Å². The van der Waals surface area contributed by atoms with Crippen LogP contribution in [0.2, 0.25) is 0 Å². The molecule has 0 spiro atoms. The molecule has 1 atom stereocenters. The van der Waals surface area contributed by atoms with Crippen LogP contribution < -0.4 is 4.90 Å². The number of aryl methyl sites for hydroxylation is 1. The maximum Gasteiger partial charge on any atom is 0.239 e. The summed E-state index contributed by atoms with van der Waals surface area (Å²) >= 11 is 0. The number of para-hydroxylation sites is 1. The van der Waals surface area contributed by atoms with Crippen molar-refractivity contribution in [3.63, 3.8) is 0 Å². The molecule has 2 nitrogen and oxygen atoms in total. The number of hydrogen-bond donors (Lipinski definition) is 0. The zero-order valence-corrected chi connectivity index (χ0v) is 13.6. The number of amides is 1. The van der Waals surface area contributed by atoms with E-state index in [1.54, 1.807) is 0 Å². The molecule has 0 radical (unpaired) electrons. The Hall–Kier alpha value is -2.87. The van der Waals surface area contributed by atoms with Crippen molar-refractivity contribution in [2.45, 2.75) is 19.3 Å². The van der Waals surface area contributed by atoms with E-state index < -0.39 is 0 Å². The molecule has 4 rings (SSSR count). The normalized spacial score (nSPS) is 16.3. The fraction of sp³-hybridized carbons (Fsp3) is 0.136. The zero-order valence-electron chi connectivity index (χ0n) is 13.6. The van der Waals surface area contributed by atoms with Crippen LogP contribution in [0.5, 0.6) is 0 Å². The van der Waals surface area contributed by atoms with Gasteiger partial charge in [-0.25, -0.2) is 0 Å². The van der Waals surface area contributed by atoms with E-state index in [9.17, 15) is 4.79 Å². The van der Waals surface area contributed by atoms with Crippen molar-refractivity contribution in [1.82, 2.24) is 0 Å². The maximum absolute atomic E-state index is 13.2. The number of carbonyl (C=O) groups is 1. The van der Waals surface area contributed by atoms with Crippen LogP contribution in [0.4, 0.5) is 11.4 Å². The minimum Gasteiger partial charge on any atom is -0.280 e. The van der Waals surface area contributed by atoms with Crippen molar-refractivity contribution >= 4 is 17.3 Å². The molecule has 0 saturated heterocycles. The molecule has 118 valence electrons. The van der Waals surface area contributed by atoms with E-state index in [1.165, 1.54) is 11.1 Å². The van der Waals surface area contributed by atoms with Gasteiger partial charge in [-0.2, -0.15) is 0 Å². The first-order valence-corrected chi connectivity index (χ1v) is 8.27. The van der Waals surface area contributed by atoms with Gasteiger partial charge in [-0.05, 0) is 42.7 Å². The van der Waals surface area contributed by atoms with Crippen molar-refractivity contribution < 1.29 is 4.79 Å². The van der Waals surface area contributed by atoms with E-state index in [0.29, 0.717) is 0 Å². The lowest BCUT2D eigenvalue weighted by Gasteiger charge is -2.18. The Morgan fingerprint density at radius 1 is 0.833 bits per heavy atom. The topological polar surface area (TPSA) is 20.3 Å². The Morgan fingerprint density at radius 2 is 1.50 bits per heavy atom. The molecule has 1 aliphatic heterocycles. The van der Waals surface area contributed by atoms with Crippen molar-refractivity contribution in [2.75, 3.05) is 4.90 Å². The van der Waals surface area contributed by atoms with E-state index in [4.69, 9.17) is 0 Å². The Bertz CT molecular complexity index is 868. The molecule has 0 fully saturated rings. The summed E-state index contributed by atoms with van der Waals surface area (Å²) in [6.07, 6.45) is 0.735. The van der Waals surface area contributed by atoms with Crippen molar-refractivity contribution in [3.8, 4) is 0 Å². The number of carbonyl (C=O) groups excluding carboxylic acids is 1. The highest BCUT2D eigenvalue weighted by Crippen LogP contribution is 2.43. The van der Waals surface area contributed by atoms with Crippen LogP contribution in [0, 0.1) is 6.92 Å². The highest BCUT2D eigenvalue weighted by molar-refractivity contribution is 6.10. The summed E-state index contributed by atoms with van der Waals surface area (Å²) in [4.78, 5) is 15.0. The average Bonchev–Trinajstić information content (AvgIpc) is 2.89. The Morgan fingerprint density at radius 3 is 2.25 bits per heavy atom. The van der Waals surface area contributed by atoms with Gasteiger partial charge in [0.2, 0.25) is 5.91 Å². The SMILES string of the molecule is Cc1ccc(N2C(=O)C(Cc3ccccc3)c3ccccc32)cc1. The number of hydrogen-bond acceptors (Lipinski definition) is 1. The molecule has 0 N–H and O–H groups in total. The lowest BCUT2D eigenvalue weighted by Crippen LogP contribution is -2.24. The molecule has 3 aromatic carbocycles. The van der Waals surface area contributed by atoms with Gasteiger partial charge in [0.05, 0.1) is 11.6 Å². The second kappa shape index (κ2) is 5.97. The molecule has 0 aliphatic carbocycles. The van der Waals surface area contributed by atoms with Gasteiger partial charge in [-0.15, -0.1) is 0 Å². The second-order valence-corrected chi connectivity index (χ2v) is 6.31. The number of benzene rings is 3. The van der Waals surface area contributed by atoms with Gasteiger partial charge >= 0.3 is 0 Å². The molecule has 1 unspecified atom stereocenters. The van der Waals surface area contributed by atoms with E-state index in [2.05, 4.69) is 37.3 Å². The Labute approximate surface area is 142 Å². The summed E-state index contributed by atoms with van der Waals surface area (Å²) in [5.41, 5.74) is 5.45. The van der Waals surface area contributed by atoms with Gasteiger partial charge in [0.1, 0.15) is 0 Å². The van der Waals surface area contributed by atoms with Crippen LogP contribution in [0.3, 0.4) is 0 Å². The highest BCUT2D eigenvalue weighted by atomic mass is 16.2. The van der Waals surface area contributed by atoms with E-state index in [0.717, 1.165) is 23.4 Å². The van der Waals surface area contributed by atoms with Gasteiger partial charge in [0, 0.05) is 5.69 Å². The largest absolute Gasteiger partial charge is 0.280 e. The van der Waals surface area contributed by atoms with E-state index >= 15 is 0 Å². The van der Waals surface area contributed by atoms with Crippen molar-refractivity contribution in [3.05, 3.63) is 95.6 Å². The van der Waals surface area contributed by atoms with Crippen LogP contribution in [-0.2, 0) is 11.2 Å². The maximum atomic E-state index is 13.2. The van der Waals surface area contributed by atoms with Crippen molar-refractivity contribution in [1.29, 1.82) is 0 Å². The first-order valence-electron chi connectivity index (χ1n) is 8.27. The molecule has 1 amide bonds. The van der Waals surface area contributed by atoms with Gasteiger partial charge in [0.25, 0.3) is 0 Å². The third kappa shape index (κ3) is 2.50. The Kier molecular flexibility index (Phi) is 3.66. The number of rotatable bonds is 3. The quantitative estimate of drug-likeness (QED) is 0.666. The van der Waals surface area contributed by atoms with Crippen LogP contribution in [0.1, 0.15) is 22.6 Å². The molecule has 2 heteroatoms. The van der Waals surface area contributed by atoms with Crippen LogP contribution >= 0.6 is 0 Å². The summed E-state index contributed by atoms with van der Waals surface area (Å²) in [7, 11) is 0. The standard InChI is InChI=1S/C22H19NO/c1-16-11-13-18(14-12-16)23-21-10-6-5-9-19(21)20(22(23)24)15-17-7-3-2-4-8-17/h2-14,20H,15H2,1H3. The Balaban J connectivity index is 1.75. The fourth-order valence-corrected chi connectivity index (χ4v) is 3.40. The summed E-state index contributed by atoms with van der Waals surface area (Å²) in [6, 6.07) is 26.5. The van der Waals surface area contributed by atoms with Crippen molar-refractivity contribution in [2.24, 2.45) is 0 Å². The van der Waals surface area contributed by atoms with E-state index in [1.807, 2.05) is 53.4 Å². The average molecular weight is 313 g/mol. The number of nitrogens with zero attached hydrogens (tertiary/aromatic N) is 1. The molecular weight excluding hydrogens is 294 g/mol. The molecule has 0 saturated carbocycles. The predicted octanol–water partition coefficient (Wildman–Crippen LogP) is 5.00. The van der Waals surface area contributed by atoms with Gasteiger partial charge < -0.3 is 0 Å². The third-order valence-corrected chi connectivity index (χ3v) is 4.65. The molecule has 1 heterocycles. The number of anilines is 2. The lowest BCUT2D eigenvalue weighted by atomic mass is 9.93. The van der Waals surface area contributed by atoms with Gasteiger partial charge in [-0.3, -0.25) is 9.69 Å². The molecule has 0 aromatic heterocycles. The highest BCUT2D eigenvalue weighted by Gasteiger charge is 2.37. The second-order valence-electron chi connectivity index (χ2n) is 6.31. The molecule has 1 aliphatic rings. The monoisotopic (exact) mass is 313 g/mol. The summed E-state index contributed by atoms with van der Waals surface area (Å²) in [6.45, 7) is 2.06. The van der Waals surface area contributed by atoms with Gasteiger partial charge in [-0.1, -0.05) is 66.2 Å². The summed E-state index contributed by atoms with van der Waals surface area (Å²) in [5, 5.41) is 0. The third-order valence-electron chi connectivity index (χ3n) is 4.65. The fourth-order valence-electron chi connectivity index (χ4n) is 3.40. The first-order chi connectivity index (χ1) is 11.7. The van der Waals surface area contributed by atoms with E-state index in [-0.39, 0.29) is 11.8 Å². The lowest BCUT2D eigenvalue weighted by molar-refractivity contribution is -0.118. The first kappa shape index (κ1) is 14.7. The van der Waals surface area contributed by atoms with Gasteiger partial charge in [0.15, 0.2) is 0 Å². The predicted molar refractivity (Wildman–Crippen MR) is 97.7 cm³/mol. The van der Waals surface area contributed by atoms with Crippen LogP contribution in [0.15, 0.2) is 78.9 Å². The summed E-state index contributed by atoms with van der Waals surface area (Å²) < 4.78 is 0. The number of fused-ring (bicyclic) bond motifs is 1. The molecular formula is C22H19NO. The molecule has 3 aromatic rings. The zero-order chi connectivity index (χ0) is 16.5. The molecule has 0 bridgehead atoms. The molecule has 24 heavy (non-hydrogen) atoms. The summed E-state index contributed by atoms with van der Waals surface area (Å²) in [5.74, 6) is 0.0359. The minimum absolute atomic E-state index is 0.120. The van der Waals surface area contributed by atoms with Crippen LogP contribution in [-0.4, -0.2) is 5.91 Å².